The molecule has 0 heterocycles. The maximum atomic E-state index is 13.4. The monoisotopic (exact) mass is 432 g/mol. The number of amides is 2. The summed E-state index contributed by atoms with van der Waals surface area (Å²) in [5.41, 5.74) is 0.223. The second kappa shape index (κ2) is 7.66. The third kappa shape index (κ3) is 4.13. The molecule has 0 aliphatic heterocycles. The van der Waals surface area contributed by atoms with Crippen molar-refractivity contribution in [2.45, 2.75) is 63.3 Å². The largest absolute Gasteiger partial charge is 0.344 e. The Morgan fingerprint density at radius 1 is 0.967 bits per heavy atom. The number of hydrogen-bond donors (Lipinski definition) is 2. The summed E-state index contributed by atoms with van der Waals surface area (Å²) in [5.74, 6) is 1.72. The SMILES string of the molecule is CC(C)C(NC(=O)C12CC3CC(CC(C3)C1)C2)C(=O)Nc1ccc(S(C)(=O)=O)cc1. The second-order valence-corrected chi connectivity index (χ2v) is 12.2. The lowest BCUT2D eigenvalue weighted by molar-refractivity contribution is -0.148. The first-order valence-corrected chi connectivity index (χ1v) is 12.9. The summed E-state index contributed by atoms with van der Waals surface area (Å²) in [7, 11) is -3.29. The van der Waals surface area contributed by atoms with Gasteiger partial charge >= 0.3 is 0 Å². The molecule has 4 saturated carbocycles. The standard InChI is InChI=1S/C23H32N2O4S/c1-14(2)20(21(26)24-18-4-6-19(7-5-18)30(3,28)29)25-22(27)23-11-15-8-16(12-23)10-17(9-15)13-23/h4-7,14-17,20H,8-13H2,1-3H3,(H,24,26)(H,25,27). The van der Waals surface area contributed by atoms with E-state index in [9.17, 15) is 18.0 Å². The normalized spacial score (nSPS) is 30.9. The van der Waals surface area contributed by atoms with Crippen LogP contribution >= 0.6 is 0 Å². The zero-order valence-electron chi connectivity index (χ0n) is 18.0. The van der Waals surface area contributed by atoms with Gasteiger partial charge in [-0.05, 0) is 86.5 Å². The Bertz CT molecular complexity index is 901. The lowest BCUT2D eigenvalue weighted by Gasteiger charge is -2.55. The van der Waals surface area contributed by atoms with Crippen LogP contribution in [0.4, 0.5) is 5.69 Å². The van der Waals surface area contributed by atoms with E-state index < -0.39 is 15.9 Å². The molecule has 1 atom stereocenters. The summed E-state index contributed by atoms with van der Waals surface area (Å²) in [5, 5.41) is 5.91. The van der Waals surface area contributed by atoms with Crippen LogP contribution in [0.15, 0.2) is 29.2 Å². The molecular weight excluding hydrogens is 400 g/mol. The fourth-order valence-corrected chi connectivity index (χ4v) is 6.85. The number of hydrogen-bond acceptors (Lipinski definition) is 4. The van der Waals surface area contributed by atoms with Gasteiger partial charge in [-0.1, -0.05) is 13.8 Å². The highest BCUT2D eigenvalue weighted by Crippen LogP contribution is 2.60. The van der Waals surface area contributed by atoms with E-state index in [0.29, 0.717) is 23.4 Å². The Morgan fingerprint density at radius 2 is 1.47 bits per heavy atom. The first kappa shape index (κ1) is 21.3. The second-order valence-electron chi connectivity index (χ2n) is 10.2. The van der Waals surface area contributed by atoms with Crippen LogP contribution < -0.4 is 10.6 Å². The maximum absolute atomic E-state index is 13.4. The number of nitrogens with one attached hydrogen (secondary N) is 2. The lowest BCUT2D eigenvalue weighted by atomic mass is 9.49. The molecule has 1 aromatic carbocycles. The number of sulfone groups is 1. The average molecular weight is 433 g/mol. The molecule has 2 amide bonds. The number of benzene rings is 1. The van der Waals surface area contributed by atoms with Crippen LogP contribution in [-0.2, 0) is 19.4 Å². The molecule has 2 N–H and O–H groups in total. The van der Waals surface area contributed by atoms with Crippen molar-refractivity contribution in [3.63, 3.8) is 0 Å². The predicted octanol–water partition coefficient (Wildman–Crippen LogP) is 3.39. The molecule has 1 unspecified atom stereocenters. The van der Waals surface area contributed by atoms with Crippen molar-refractivity contribution < 1.29 is 18.0 Å². The van der Waals surface area contributed by atoms with E-state index in [4.69, 9.17) is 0 Å². The van der Waals surface area contributed by atoms with E-state index in [1.807, 2.05) is 13.8 Å². The van der Waals surface area contributed by atoms with Gasteiger partial charge in [-0.2, -0.15) is 0 Å². The molecule has 30 heavy (non-hydrogen) atoms. The van der Waals surface area contributed by atoms with Crippen LogP contribution in [0.5, 0.6) is 0 Å². The maximum Gasteiger partial charge on any atom is 0.247 e. The van der Waals surface area contributed by atoms with Crippen molar-refractivity contribution in [2.24, 2.45) is 29.1 Å². The van der Waals surface area contributed by atoms with E-state index in [1.54, 1.807) is 12.1 Å². The summed E-state index contributed by atoms with van der Waals surface area (Å²) in [4.78, 5) is 26.5. The van der Waals surface area contributed by atoms with Crippen LogP contribution in [-0.4, -0.2) is 32.5 Å². The molecule has 0 saturated heterocycles. The van der Waals surface area contributed by atoms with Crippen LogP contribution in [0.25, 0.3) is 0 Å². The number of carbonyl (C=O) groups is 2. The average Bonchev–Trinajstić information content (AvgIpc) is 2.64. The van der Waals surface area contributed by atoms with Gasteiger partial charge in [0.2, 0.25) is 11.8 Å². The molecule has 0 spiro atoms. The first-order valence-electron chi connectivity index (χ1n) is 11.0. The topological polar surface area (TPSA) is 92.3 Å². The molecule has 4 bridgehead atoms. The van der Waals surface area contributed by atoms with Crippen LogP contribution in [0.2, 0.25) is 0 Å². The summed E-state index contributed by atoms with van der Waals surface area (Å²) in [6.45, 7) is 3.86. The van der Waals surface area contributed by atoms with Gasteiger partial charge in [-0.15, -0.1) is 0 Å². The molecule has 0 radical (unpaired) electrons. The smallest absolute Gasteiger partial charge is 0.247 e. The van der Waals surface area contributed by atoms with E-state index in [-0.39, 0.29) is 28.0 Å². The van der Waals surface area contributed by atoms with Gasteiger partial charge in [0.15, 0.2) is 9.84 Å². The number of carbonyl (C=O) groups excluding carboxylic acids is 2. The Kier molecular flexibility index (Phi) is 5.45. The Labute approximate surface area is 179 Å². The lowest BCUT2D eigenvalue weighted by Crippen LogP contribution is -2.57. The zero-order chi connectivity index (χ0) is 21.7. The summed E-state index contributed by atoms with van der Waals surface area (Å²) in [6, 6.07) is 5.48. The van der Waals surface area contributed by atoms with Gasteiger partial charge in [0.25, 0.3) is 0 Å². The van der Waals surface area contributed by atoms with Crippen molar-refractivity contribution in [3.8, 4) is 0 Å². The fraction of sp³-hybridized carbons (Fsp3) is 0.652. The molecule has 1 aromatic rings. The molecule has 4 fully saturated rings. The highest BCUT2D eigenvalue weighted by Gasteiger charge is 2.55. The highest BCUT2D eigenvalue weighted by atomic mass is 32.2. The third-order valence-electron chi connectivity index (χ3n) is 7.31. The van der Waals surface area contributed by atoms with E-state index in [2.05, 4.69) is 10.6 Å². The number of anilines is 1. The highest BCUT2D eigenvalue weighted by molar-refractivity contribution is 7.90. The van der Waals surface area contributed by atoms with Gasteiger partial charge in [-0.3, -0.25) is 9.59 Å². The van der Waals surface area contributed by atoms with E-state index >= 15 is 0 Å². The first-order chi connectivity index (χ1) is 14.1. The minimum atomic E-state index is -3.29. The molecule has 5 rings (SSSR count). The van der Waals surface area contributed by atoms with Crippen LogP contribution in [0.1, 0.15) is 52.4 Å². The van der Waals surface area contributed by atoms with Gasteiger partial charge < -0.3 is 10.6 Å². The molecule has 4 aliphatic rings. The summed E-state index contributed by atoms with van der Waals surface area (Å²) < 4.78 is 23.2. The van der Waals surface area contributed by atoms with Crippen molar-refractivity contribution >= 4 is 27.3 Å². The summed E-state index contributed by atoms with van der Waals surface area (Å²) in [6.07, 6.45) is 7.84. The molecule has 4 aliphatic carbocycles. The fourth-order valence-electron chi connectivity index (χ4n) is 6.22. The van der Waals surface area contributed by atoms with Crippen molar-refractivity contribution in [2.75, 3.05) is 11.6 Å². The molecule has 0 aromatic heterocycles. The predicted molar refractivity (Wildman–Crippen MR) is 116 cm³/mol. The van der Waals surface area contributed by atoms with E-state index in [1.165, 1.54) is 31.4 Å². The van der Waals surface area contributed by atoms with Gasteiger partial charge in [-0.25, -0.2) is 8.42 Å². The molecule has 6 nitrogen and oxygen atoms in total. The van der Waals surface area contributed by atoms with Crippen LogP contribution in [0.3, 0.4) is 0 Å². The van der Waals surface area contributed by atoms with Crippen molar-refractivity contribution in [1.82, 2.24) is 5.32 Å². The minimum absolute atomic E-state index is 0.0443. The molecule has 7 heteroatoms. The van der Waals surface area contributed by atoms with Gasteiger partial charge in [0, 0.05) is 17.4 Å². The van der Waals surface area contributed by atoms with Crippen molar-refractivity contribution in [3.05, 3.63) is 24.3 Å². The summed E-state index contributed by atoms with van der Waals surface area (Å²) >= 11 is 0. The zero-order valence-corrected chi connectivity index (χ0v) is 18.8. The Balaban J connectivity index is 1.45. The van der Waals surface area contributed by atoms with Gasteiger partial charge in [0.1, 0.15) is 6.04 Å². The molecular formula is C23H32N2O4S. The van der Waals surface area contributed by atoms with E-state index in [0.717, 1.165) is 25.5 Å². The Hall–Kier alpha value is -1.89. The minimum Gasteiger partial charge on any atom is -0.344 e. The van der Waals surface area contributed by atoms with Crippen LogP contribution in [0, 0.1) is 29.1 Å². The van der Waals surface area contributed by atoms with Gasteiger partial charge in [0.05, 0.1) is 4.90 Å². The van der Waals surface area contributed by atoms with Crippen molar-refractivity contribution in [1.29, 1.82) is 0 Å². The Morgan fingerprint density at radius 3 is 1.90 bits per heavy atom. The third-order valence-corrected chi connectivity index (χ3v) is 8.43. The quantitative estimate of drug-likeness (QED) is 0.721. The number of rotatable bonds is 6. The molecule has 164 valence electrons.